The summed E-state index contributed by atoms with van der Waals surface area (Å²) < 4.78 is 31.4. The number of piperidine rings is 1. The third-order valence-electron chi connectivity index (χ3n) is 4.86. The molecular weight excluding hydrogens is 410 g/mol. The molecule has 3 aromatic rings. The number of para-hydroxylation sites is 1. The lowest BCUT2D eigenvalue weighted by molar-refractivity contribution is -0.120. The highest BCUT2D eigenvalue weighted by molar-refractivity contribution is 7.88. The molecular formula is C20H21N3O4S2. The summed E-state index contributed by atoms with van der Waals surface area (Å²) in [6, 6.07) is 15.1. The van der Waals surface area contributed by atoms with Crippen LogP contribution in [0.25, 0.3) is 10.2 Å². The fourth-order valence-corrected chi connectivity index (χ4v) is 5.07. The summed E-state index contributed by atoms with van der Waals surface area (Å²) in [5.41, 5.74) is 0.789. The number of anilines is 1. The molecule has 1 fully saturated rings. The Morgan fingerprint density at radius 3 is 2.55 bits per heavy atom. The number of hydrogen-bond acceptors (Lipinski definition) is 6. The van der Waals surface area contributed by atoms with Crippen LogP contribution >= 0.6 is 11.3 Å². The second-order valence-corrected chi connectivity index (χ2v) is 10.0. The molecule has 7 nitrogen and oxygen atoms in total. The molecule has 1 N–H and O–H groups in total. The topological polar surface area (TPSA) is 88.6 Å². The van der Waals surface area contributed by atoms with E-state index in [4.69, 9.17) is 4.74 Å². The lowest BCUT2D eigenvalue weighted by Crippen LogP contribution is -2.40. The van der Waals surface area contributed by atoms with Crippen molar-refractivity contribution >= 4 is 42.6 Å². The molecule has 0 atom stereocenters. The lowest BCUT2D eigenvalue weighted by atomic mass is 9.97. The molecule has 1 aliphatic rings. The molecule has 29 heavy (non-hydrogen) atoms. The van der Waals surface area contributed by atoms with Crippen LogP contribution in [-0.2, 0) is 14.8 Å². The van der Waals surface area contributed by atoms with E-state index in [0.717, 1.165) is 16.0 Å². The van der Waals surface area contributed by atoms with Crippen LogP contribution in [0.1, 0.15) is 12.8 Å². The standard InChI is InChI=1S/C20H21N3O4S2/c1-29(25,26)23-11-9-14(10-12-23)19(24)22-20-21-17-8-7-16(13-18(17)28-20)27-15-5-3-2-4-6-15/h2-8,13-14H,9-12H2,1H3,(H,21,22,24). The first-order valence-corrected chi connectivity index (χ1v) is 11.9. The molecule has 1 aromatic heterocycles. The Balaban J connectivity index is 1.41. The van der Waals surface area contributed by atoms with Gasteiger partial charge in [-0.1, -0.05) is 29.5 Å². The largest absolute Gasteiger partial charge is 0.457 e. The van der Waals surface area contributed by atoms with Gasteiger partial charge in [0.2, 0.25) is 15.9 Å². The number of fused-ring (bicyclic) bond motifs is 1. The van der Waals surface area contributed by atoms with E-state index in [1.807, 2.05) is 48.5 Å². The predicted molar refractivity (Wildman–Crippen MR) is 114 cm³/mol. The minimum Gasteiger partial charge on any atom is -0.457 e. The van der Waals surface area contributed by atoms with Gasteiger partial charge in [0.15, 0.2) is 5.13 Å². The number of amides is 1. The Morgan fingerprint density at radius 2 is 1.86 bits per heavy atom. The Kier molecular flexibility index (Phi) is 5.53. The molecule has 0 saturated carbocycles. The Morgan fingerprint density at radius 1 is 1.14 bits per heavy atom. The number of sulfonamides is 1. The van der Waals surface area contributed by atoms with Crippen molar-refractivity contribution in [3.63, 3.8) is 0 Å². The maximum absolute atomic E-state index is 12.6. The number of benzene rings is 2. The molecule has 0 aliphatic carbocycles. The fourth-order valence-electron chi connectivity index (χ4n) is 3.30. The number of nitrogens with one attached hydrogen (secondary N) is 1. The van der Waals surface area contributed by atoms with Gasteiger partial charge in [0.05, 0.1) is 16.5 Å². The molecule has 0 radical (unpaired) electrons. The van der Waals surface area contributed by atoms with Crippen LogP contribution in [0, 0.1) is 5.92 Å². The molecule has 0 bridgehead atoms. The van der Waals surface area contributed by atoms with Crippen molar-refractivity contribution in [3.05, 3.63) is 48.5 Å². The highest BCUT2D eigenvalue weighted by Crippen LogP contribution is 2.32. The van der Waals surface area contributed by atoms with Crippen molar-refractivity contribution < 1.29 is 17.9 Å². The van der Waals surface area contributed by atoms with Crippen molar-refractivity contribution in [2.24, 2.45) is 5.92 Å². The van der Waals surface area contributed by atoms with Crippen LogP contribution in [0.4, 0.5) is 5.13 Å². The number of carbonyl (C=O) groups is 1. The number of nitrogens with zero attached hydrogens (tertiary/aromatic N) is 2. The first-order valence-electron chi connectivity index (χ1n) is 9.28. The second-order valence-electron chi connectivity index (χ2n) is 6.99. The van der Waals surface area contributed by atoms with E-state index in [1.54, 1.807) is 0 Å². The summed E-state index contributed by atoms with van der Waals surface area (Å²) in [6.45, 7) is 0.744. The van der Waals surface area contributed by atoms with Crippen molar-refractivity contribution in [3.8, 4) is 11.5 Å². The van der Waals surface area contributed by atoms with Crippen LogP contribution in [0.5, 0.6) is 11.5 Å². The molecule has 1 amide bonds. The van der Waals surface area contributed by atoms with Gasteiger partial charge in [0.25, 0.3) is 0 Å². The van der Waals surface area contributed by atoms with Gasteiger partial charge in [-0.05, 0) is 37.1 Å². The highest BCUT2D eigenvalue weighted by Gasteiger charge is 2.29. The van der Waals surface area contributed by atoms with Gasteiger partial charge in [0.1, 0.15) is 11.5 Å². The zero-order valence-corrected chi connectivity index (χ0v) is 17.5. The van der Waals surface area contributed by atoms with Gasteiger partial charge in [-0.15, -0.1) is 0 Å². The first-order chi connectivity index (χ1) is 13.9. The average molecular weight is 432 g/mol. The zero-order chi connectivity index (χ0) is 20.4. The fraction of sp³-hybridized carbons (Fsp3) is 0.300. The minimum absolute atomic E-state index is 0.113. The Bertz CT molecular complexity index is 1120. The van der Waals surface area contributed by atoms with Crippen molar-refractivity contribution in [2.75, 3.05) is 24.7 Å². The monoisotopic (exact) mass is 431 g/mol. The quantitative estimate of drug-likeness (QED) is 0.665. The summed E-state index contributed by atoms with van der Waals surface area (Å²) >= 11 is 1.39. The molecule has 9 heteroatoms. The number of thiazole rings is 1. The molecule has 0 spiro atoms. The molecule has 1 aliphatic heterocycles. The second kappa shape index (κ2) is 8.10. The van der Waals surface area contributed by atoms with E-state index in [-0.39, 0.29) is 11.8 Å². The van der Waals surface area contributed by atoms with Crippen LogP contribution in [0.15, 0.2) is 48.5 Å². The number of aromatic nitrogens is 1. The van der Waals surface area contributed by atoms with E-state index in [9.17, 15) is 13.2 Å². The number of ether oxygens (including phenoxy) is 1. The average Bonchev–Trinajstić information content (AvgIpc) is 3.09. The maximum Gasteiger partial charge on any atom is 0.229 e. The summed E-state index contributed by atoms with van der Waals surface area (Å²) in [5.74, 6) is 1.14. The van der Waals surface area contributed by atoms with Crippen molar-refractivity contribution in [1.29, 1.82) is 0 Å². The van der Waals surface area contributed by atoms with Gasteiger partial charge in [0, 0.05) is 25.1 Å². The SMILES string of the molecule is CS(=O)(=O)N1CCC(C(=O)Nc2nc3ccc(Oc4ccccc4)cc3s2)CC1. The summed E-state index contributed by atoms with van der Waals surface area (Å²) in [7, 11) is -3.20. The number of hydrogen-bond donors (Lipinski definition) is 1. The summed E-state index contributed by atoms with van der Waals surface area (Å²) in [5, 5.41) is 3.42. The first kappa shape index (κ1) is 19.8. The van der Waals surface area contributed by atoms with Crippen molar-refractivity contribution in [1.82, 2.24) is 9.29 Å². The molecule has 4 rings (SSSR count). The van der Waals surface area contributed by atoms with Gasteiger partial charge in [-0.2, -0.15) is 0 Å². The van der Waals surface area contributed by atoms with E-state index in [0.29, 0.717) is 36.8 Å². The molecule has 1 saturated heterocycles. The Labute approximate surface area is 173 Å². The van der Waals surface area contributed by atoms with Gasteiger partial charge < -0.3 is 10.1 Å². The number of carbonyl (C=O) groups excluding carboxylic acids is 1. The third kappa shape index (κ3) is 4.75. The van der Waals surface area contributed by atoms with Gasteiger partial charge in [-0.25, -0.2) is 17.7 Å². The zero-order valence-electron chi connectivity index (χ0n) is 15.9. The van der Waals surface area contributed by atoms with E-state index >= 15 is 0 Å². The van der Waals surface area contributed by atoms with Crippen LogP contribution in [-0.4, -0.2) is 43.0 Å². The van der Waals surface area contributed by atoms with Crippen LogP contribution in [0.2, 0.25) is 0 Å². The summed E-state index contributed by atoms with van der Waals surface area (Å²) in [6.07, 6.45) is 2.22. The van der Waals surface area contributed by atoms with Gasteiger partial charge >= 0.3 is 0 Å². The maximum atomic E-state index is 12.6. The molecule has 2 aromatic carbocycles. The van der Waals surface area contributed by atoms with Gasteiger partial charge in [-0.3, -0.25) is 4.79 Å². The molecule has 2 heterocycles. The molecule has 152 valence electrons. The normalized spacial score (nSPS) is 16.0. The van der Waals surface area contributed by atoms with E-state index in [1.165, 1.54) is 21.9 Å². The minimum atomic E-state index is -3.20. The smallest absolute Gasteiger partial charge is 0.229 e. The lowest BCUT2D eigenvalue weighted by Gasteiger charge is -2.29. The van der Waals surface area contributed by atoms with E-state index in [2.05, 4.69) is 10.3 Å². The van der Waals surface area contributed by atoms with Crippen LogP contribution < -0.4 is 10.1 Å². The summed E-state index contributed by atoms with van der Waals surface area (Å²) in [4.78, 5) is 17.0. The molecule has 0 unspecified atom stereocenters. The van der Waals surface area contributed by atoms with Crippen LogP contribution in [0.3, 0.4) is 0 Å². The Hall–Kier alpha value is -2.49. The van der Waals surface area contributed by atoms with Crippen molar-refractivity contribution in [2.45, 2.75) is 12.8 Å². The third-order valence-corrected chi connectivity index (χ3v) is 7.10. The van der Waals surface area contributed by atoms with E-state index < -0.39 is 10.0 Å². The number of rotatable bonds is 5. The predicted octanol–water partition coefficient (Wildman–Crippen LogP) is 3.70. The highest BCUT2D eigenvalue weighted by atomic mass is 32.2.